The Bertz CT molecular complexity index is 1750. The highest BCUT2D eigenvalue weighted by Gasteiger charge is 2.33. The summed E-state index contributed by atoms with van der Waals surface area (Å²) in [6.07, 6.45) is 1.34. The van der Waals surface area contributed by atoms with Gasteiger partial charge in [0.15, 0.2) is 16.4 Å². The molecule has 222 valence electrons. The molecule has 0 radical (unpaired) electrons. The molecule has 0 fully saturated rings. The van der Waals surface area contributed by atoms with Gasteiger partial charge < -0.3 is 9.47 Å². The number of anilines is 1. The Balaban J connectivity index is 1.50. The topological polar surface area (TPSA) is 140 Å². The smallest absolute Gasteiger partial charge is 0.289 e. The molecule has 0 aliphatic rings. The molecule has 11 nitrogen and oxygen atoms in total. The molecule has 0 bridgehead atoms. The number of hydrazone groups is 1. The highest BCUT2D eigenvalue weighted by atomic mass is 79.9. The van der Waals surface area contributed by atoms with E-state index in [1.807, 2.05) is 12.1 Å². The van der Waals surface area contributed by atoms with E-state index in [1.54, 1.807) is 42.5 Å². The van der Waals surface area contributed by atoms with Crippen LogP contribution in [0.3, 0.4) is 0 Å². The number of halogens is 2. The summed E-state index contributed by atoms with van der Waals surface area (Å²) in [6.45, 7) is -0.428. The van der Waals surface area contributed by atoms with Gasteiger partial charge in [-0.25, -0.2) is 13.8 Å². The van der Waals surface area contributed by atoms with Crippen molar-refractivity contribution in [2.24, 2.45) is 5.10 Å². The van der Waals surface area contributed by atoms with Gasteiger partial charge in [0.2, 0.25) is 0 Å². The van der Waals surface area contributed by atoms with Crippen LogP contribution in [0.2, 0.25) is 5.02 Å². The van der Waals surface area contributed by atoms with Crippen molar-refractivity contribution in [1.82, 2.24) is 5.43 Å². The Hall–Kier alpha value is -4.46. The third-order valence-electron chi connectivity index (χ3n) is 5.91. The number of nitrogens with zero attached hydrogens (tertiary/aromatic N) is 3. The zero-order chi connectivity index (χ0) is 31.0. The monoisotopic (exact) mass is 686 g/mol. The lowest BCUT2D eigenvalue weighted by Crippen LogP contribution is -2.39. The fraction of sp³-hybridized carbons (Fsp3) is 0.103. The molecule has 0 aliphatic carbocycles. The van der Waals surface area contributed by atoms with E-state index >= 15 is 0 Å². The number of methoxy groups -OCH3 is 1. The van der Waals surface area contributed by atoms with E-state index in [9.17, 15) is 23.3 Å². The molecule has 4 aromatic carbocycles. The lowest BCUT2D eigenvalue weighted by Gasteiger charge is -2.23. The first-order valence-electron chi connectivity index (χ1n) is 12.5. The van der Waals surface area contributed by atoms with E-state index in [1.165, 1.54) is 37.6 Å². The number of para-hydroxylation sites is 2. The van der Waals surface area contributed by atoms with Gasteiger partial charge in [-0.2, -0.15) is 5.10 Å². The number of amides is 1. The maximum atomic E-state index is 13.6. The lowest BCUT2D eigenvalue weighted by atomic mass is 10.2. The highest BCUT2D eigenvalue weighted by molar-refractivity contribution is 9.10. The van der Waals surface area contributed by atoms with Crippen molar-refractivity contribution in [3.63, 3.8) is 0 Å². The van der Waals surface area contributed by atoms with Crippen molar-refractivity contribution < 1.29 is 27.6 Å². The molecule has 0 aliphatic heterocycles. The van der Waals surface area contributed by atoms with Gasteiger partial charge >= 0.3 is 0 Å². The standard InChI is InChI=1S/C29H24BrClN4O7S/c1-41-26-16-21(15-24(30)29(26)42-19-20-11-13-22(31)14-12-20)17-32-33-28(36)18-34(23-7-3-2-4-8-23)43(39,40)27-10-6-5-9-25(27)35(37)38/h2-17H,18-19H2,1H3,(H,33,36)/b32-17+. The second-order valence-corrected chi connectivity index (χ2v) is 11.9. The first-order chi connectivity index (χ1) is 20.6. The molecule has 1 N–H and O–H groups in total. The molecular formula is C29H24BrClN4O7S. The Morgan fingerprint density at radius 2 is 1.74 bits per heavy atom. The number of benzene rings is 4. The number of hydrogen-bond acceptors (Lipinski definition) is 8. The van der Waals surface area contributed by atoms with Crippen LogP contribution in [0.4, 0.5) is 11.4 Å². The van der Waals surface area contributed by atoms with E-state index in [0.29, 0.717) is 26.6 Å². The summed E-state index contributed by atoms with van der Waals surface area (Å²) in [7, 11) is -3.03. The largest absolute Gasteiger partial charge is 0.493 e. The van der Waals surface area contributed by atoms with E-state index < -0.39 is 38.0 Å². The van der Waals surface area contributed by atoms with Gasteiger partial charge in [-0.1, -0.05) is 54.1 Å². The number of ether oxygens (including phenoxy) is 2. The quantitative estimate of drug-likeness (QED) is 0.110. The number of sulfonamides is 1. The third kappa shape index (κ3) is 7.89. The van der Waals surface area contributed by atoms with Gasteiger partial charge in [0.05, 0.1) is 28.4 Å². The van der Waals surface area contributed by atoms with Crippen LogP contribution >= 0.6 is 27.5 Å². The zero-order valence-corrected chi connectivity index (χ0v) is 25.7. The van der Waals surface area contributed by atoms with Crippen molar-refractivity contribution in [1.29, 1.82) is 0 Å². The minimum Gasteiger partial charge on any atom is -0.493 e. The van der Waals surface area contributed by atoms with Gasteiger partial charge in [-0.15, -0.1) is 0 Å². The van der Waals surface area contributed by atoms with Crippen molar-refractivity contribution in [2.75, 3.05) is 18.0 Å². The molecule has 1 amide bonds. The van der Waals surface area contributed by atoms with E-state index in [2.05, 4.69) is 26.5 Å². The minimum absolute atomic E-state index is 0.141. The summed E-state index contributed by atoms with van der Waals surface area (Å²) in [4.78, 5) is 23.1. The van der Waals surface area contributed by atoms with Crippen LogP contribution in [-0.2, 0) is 21.4 Å². The lowest BCUT2D eigenvalue weighted by molar-refractivity contribution is -0.387. The number of hydrogen-bond donors (Lipinski definition) is 1. The predicted molar refractivity (Wildman–Crippen MR) is 166 cm³/mol. The van der Waals surface area contributed by atoms with E-state index in [-0.39, 0.29) is 12.3 Å². The third-order valence-corrected chi connectivity index (χ3v) is 8.57. The van der Waals surface area contributed by atoms with Crippen LogP contribution in [0.5, 0.6) is 11.5 Å². The SMILES string of the molecule is COc1cc(/C=N/NC(=O)CN(c2ccccc2)S(=O)(=O)c2ccccc2[N+](=O)[O-])cc(Br)c1OCc1ccc(Cl)cc1. The van der Waals surface area contributed by atoms with Gasteiger partial charge in [0, 0.05) is 11.1 Å². The second kappa shape index (κ2) is 14.1. The average Bonchev–Trinajstić information content (AvgIpc) is 3.00. The first-order valence-corrected chi connectivity index (χ1v) is 15.1. The highest BCUT2D eigenvalue weighted by Crippen LogP contribution is 2.37. The number of rotatable bonds is 12. The summed E-state index contributed by atoms with van der Waals surface area (Å²) in [5.41, 5.74) is 3.28. The van der Waals surface area contributed by atoms with Crippen molar-refractivity contribution in [2.45, 2.75) is 11.5 Å². The summed E-state index contributed by atoms with van der Waals surface area (Å²) in [5, 5.41) is 16.1. The van der Waals surface area contributed by atoms with Crippen LogP contribution in [0.1, 0.15) is 11.1 Å². The van der Waals surface area contributed by atoms with Gasteiger partial charge in [-0.05, 0) is 69.5 Å². The number of carbonyl (C=O) groups is 1. The second-order valence-electron chi connectivity index (χ2n) is 8.81. The fourth-order valence-electron chi connectivity index (χ4n) is 3.89. The Labute approximate surface area is 261 Å². The average molecular weight is 688 g/mol. The Morgan fingerprint density at radius 3 is 2.42 bits per heavy atom. The number of nitrogens with one attached hydrogen (secondary N) is 1. The van der Waals surface area contributed by atoms with E-state index in [4.69, 9.17) is 21.1 Å². The van der Waals surface area contributed by atoms with E-state index in [0.717, 1.165) is 22.0 Å². The first kappa shape index (κ1) is 31.5. The maximum absolute atomic E-state index is 13.6. The van der Waals surface area contributed by atoms with Gasteiger partial charge in [0.25, 0.3) is 21.6 Å². The van der Waals surface area contributed by atoms with Crippen LogP contribution in [0, 0.1) is 10.1 Å². The molecule has 0 saturated carbocycles. The minimum atomic E-state index is -4.51. The molecule has 0 heterocycles. The molecule has 0 spiro atoms. The van der Waals surface area contributed by atoms with Crippen LogP contribution in [0.25, 0.3) is 0 Å². The Morgan fingerprint density at radius 1 is 1.07 bits per heavy atom. The van der Waals surface area contributed by atoms with Crippen molar-refractivity contribution >= 4 is 61.1 Å². The Kier molecular flexibility index (Phi) is 10.3. The normalized spacial score (nSPS) is 11.2. The fourth-order valence-corrected chi connectivity index (χ4v) is 6.17. The summed E-state index contributed by atoms with van der Waals surface area (Å²) in [6, 6.07) is 23.3. The molecule has 4 aromatic rings. The molecular weight excluding hydrogens is 664 g/mol. The molecule has 0 unspecified atom stereocenters. The molecule has 0 atom stereocenters. The predicted octanol–water partition coefficient (Wildman–Crippen LogP) is 5.94. The molecule has 4 rings (SSSR count). The number of carbonyl (C=O) groups excluding carboxylic acids is 1. The molecule has 43 heavy (non-hydrogen) atoms. The van der Waals surface area contributed by atoms with Gasteiger partial charge in [0.1, 0.15) is 13.2 Å². The summed E-state index contributed by atoms with van der Waals surface area (Å²) < 4.78 is 39.8. The van der Waals surface area contributed by atoms with Gasteiger partial charge in [-0.3, -0.25) is 19.2 Å². The summed E-state index contributed by atoms with van der Waals surface area (Å²) in [5.74, 6) is 0.0791. The van der Waals surface area contributed by atoms with Crippen LogP contribution in [0.15, 0.2) is 105 Å². The zero-order valence-electron chi connectivity index (χ0n) is 22.5. The molecule has 0 saturated heterocycles. The number of nitro groups is 1. The van der Waals surface area contributed by atoms with Crippen LogP contribution in [-0.4, -0.2) is 39.1 Å². The molecule has 14 heteroatoms. The maximum Gasteiger partial charge on any atom is 0.289 e. The van der Waals surface area contributed by atoms with Crippen LogP contribution < -0.4 is 19.2 Å². The number of nitro benzene ring substituents is 1. The van der Waals surface area contributed by atoms with Crippen molar-refractivity contribution in [3.8, 4) is 11.5 Å². The van der Waals surface area contributed by atoms with Crippen molar-refractivity contribution in [3.05, 3.63) is 122 Å². The molecule has 0 aromatic heterocycles. The summed E-state index contributed by atoms with van der Waals surface area (Å²) >= 11 is 9.40.